The topological polar surface area (TPSA) is 42.4 Å². The number of hydrogen-bond donors (Lipinski definition) is 1. The first-order valence-electron chi connectivity index (χ1n) is 5.49. The van der Waals surface area contributed by atoms with Crippen LogP contribution in [0, 0.1) is 12.8 Å². The minimum Gasteiger partial charge on any atom is -0.465 e. The Morgan fingerprint density at radius 1 is 1.47 bits per heavy atom. The molecule has 1 heterocycles. The van der Waals surface area contributed by atoms with Crippen molar-refractivity contribution in [3.63, 3.8) is 0 Å². The maximum absolute atomic E-state index is 5.54. The molecule has 15 heavy (non-hydrogen) atoms. The smallest absolute Gasteiger partial charge is 0.118 e. The molecule has 0 aliphatic rings. The Labute approximate surface area is 92.2 Å². The molecule has 0 bridgehead atoms. The zero-order valence-corrected chi connectivity index (χ0v) is 10.2. The van der Waals surface area contributed by atoms with Crippen LogP contribution in [0.1, 0.15) is 30.9 Å². The van der Waals surface area contributed by atoms with Gasteiger partial charge in [0.05, 0.1) is 6.54 Å². The van der Waals surface area contributed by atoms with Crippen LogP contribution in [0.4, 0.5) is 0 Å². The lowest BCUT2D eigenvalue weighted by molar-refractivity contribution is 0.286. The third-order valence-corrected chi connectivity index (χ3v) is 2.39. The lowest BCUT2D eigenvalue weighted by Crippen LogP contribution is -2.22. The first-order chi connectivity index (χ1) is 7.02. The van der Waals surface area contributed by atoms with Gasteiger partial charge in [0.15, 0.2) is 0 Å². The van der Waals surface area contributed by atoms with E-state index in [0.29, 0.717) is 12.5 Å². The first-order valence-corrected chi connectivity index (χ1v) is 5.49. The highest BCUT2D eigenvalue weighted by Gasteiger charge is 2.09. The van der Waals surface area contributed by atoms with Gasteiger partial charge in [-0.05, 0) is 26.0 Å². The normalized spacial score (nSPS) is 11.7. The van der Waals surface area contributed by atoms with Crippen molar-refractivity contribution >= 4 is 0 Å². The third kappa shape index (κ3) is 3.68. The SMILES string of the molecule is Cc1oc(CN)cc1CN(C)CC(C)C. The summed E-state index contributed by atoms with van der Waals surface area (Å²) in [4.78, 5) is 2.31. The van der Waals surface area contributed by atoms with E-state index in [1.165, 1.54) is 5.56 Å². The number of furan rings is 1. The fourth-order valence-electron chi connectivity index (χ4n) is 1.82. The van der Waals surface area contributed by atoms with Crippen LogP contribution < -0.4 is 5.73 Å². The predicted octanol–water partition coefficient (Wildman–Crippen LogP) is 2.13. The average Bonchev–Trinajstić information content (AvgIpc) is 2.46. The Kier molecular flexibility index (Phi) is 4.36. The van der Waals surface area contributed by atoms with Crippen LogP contribution in [-0.2, 0) is 13.1 Å². The molecule has 0 aliphatic carbocycles. The molecule has 1 rings (SSSR count). The lowest BCUT2D eigenvalue weighted by atomic mass is 10.2. The number of nitrogens with two attached hydrogens (primary N) is 1. The van der Waals surface area contributed by atoms with E-state index < -0.39 is 0 Å². The van der Waals surface area contributed by atoms with Gasteiger partial charge in [-0.2, -0.15) is 0 Å². The van der Waals surface area contributed by atoms with E-state index in [1.807, 2.05) is 6.92 Å². The van der Waals surface area contributed by atoms with Gasteiger partial charge in [-0.25, -0.2) is 0 Å². The molecule has 0 radical (unpaired) electrons. The molecule has 3 nitrogen and oxygen atoms in total. The molecule has 3 heteroatoms. The fraction of sp³-hybridized carbons (Fsp3) is 0.667. The number of nitrogens with zero attached hydrogens (tertiary/aromatic N) is 1. The molecule has 0 aromatic carbocycles. The van der Waals surface area contributed by atoms with Crippen LogP contribution in [0.15, 0.2) is 10.5 Å². The number of aryl methyl sites for hydroxylation is 1. The van der Waals surface area contributed by atoms with Gasteiger partial charge in [0.25, 0.3) is 0 Å². The van der Waals surface area contributed by atoms with Crippen LogP contribution in [0.2, 0.25) is 0 Å². The highest BCUT2D eigenvalue weighted by atomic mass is 16.3. The van der Waals surface area contributed by atoms with Crippen molar-refractivity contribution in [2.45, 2.75) is 33.9 Å². The summed E-state index contributed by atoms with van der Waals surface area (Å²) in [5, 5.41) is 0. The van der Waals surface area contributed by atoms with Crippen LogP contribution in [-0.4, -0.2) is 18.5 Å². The second-order valence-corrected chi connectivity index (χ2v) is 4.59. The zero-order chi connectivity index (χ0) is 11.4. The average molecular weight is 210 g/mol. The Balaban J connectivity index is 2.59. The Hall–Kier alpha value is -0.800. The minimum absolute atomic E-state index is 0.481. The molecule has 0 saturated heterocycles. The zero-order valence-electron chi connectivity index (χ0n) is 10.2. The van der Waals surface area contributed by atoms with Gasteiger partial charge in [0.1, 0.15) is 11.5 Å². The summed E-state index contributed by atoms with van der Waals surface area (Å²) in [6.45, 7) is 8.97. The second kappa shape index (κ2) is 5.33. The van der Waals surface area contributed by atoms with E-state index in [1.54, 1.807) is 0 Å². The summed E-state index contributed by atoms with van der Waals surface area (Å²) in [6, 6.07) is 2.06. The molecule has 1 aromatic rings. The molecule has 0 fully saturated rings. The monoisotopic (exact) mass is 210 g/mol. The Morgan fingerprint density at radius 3 is 2.60 bits per heavy atom. The highest BCUT2D eigenvalue weighted by Crippen LogP contribution is 2.16. The number of hydrogen-bond acceptors (Lipinski definition) is 3. The van der Waals surface area contributed by atoms with Gasteiger partial charge in [0.2, 0.25) is 0 Å². The maximum atomic E-state index is 5.54. The summed E-state index contributed by atoms with van der Waals surface area (Å²) in [5.41, 5.74) is 6.78. The van der Waals surface area contributed by atoms with E-state index in [-0.39, 0.29) is 0 Å². The van der Waals surface area contributed by atoms with Crippen molar-refractivity contribution < 1.29 is 4.42 Å². The largest absolute Gasteiger partial charge is 0.465 e. The van der Waals surface area contributed by atoms with Crippen molar-refractivity contribution in [1.29, 1.82) is 0 Å². The minimum atomic E-state index is 0.481. The van der Waals surface area contributed by atoms with Crippen molar-refractivity contribution in [3.8, 4) is 0 Å². The molecular formula is C12H22N2O. The maximum Gasteiger partial charge on any atom is 0.118 e. The summed E-state index contributed by atoms with van der Waals surface area (Å²) in [7, 11) is 2.13. The van der Waals surface area contributed by atoms with Crippen LogP contribution in [0.25, 0.3) is 0 Å². The van der Waals surface area contributed by atoms with Gasteiger partial charge >= 0.3 is 0 Å². The van der Waals surface area contributed by atoms with Gasteiger partial charge < -0.3 is 15.1 Å². The second-order valence-electron chi connectivity index (χ2n) is 4.59. The molecule has 1 aromatic heterocycles. The quantitative estimate of drug-likeness (QED) is 0.809. The number of rotatable bonds is 5. The van der Waals surface area contributed by atoms with Crippen molar-refractivity contribution in [2.24, 2.45) is 11.7 Å². The van der Waals surface area contributed by atoms with E-state index >= 15 is 0 Å². The van der Waals surface area contributed by atoms with Gasteiger partial charge in [-0.3, -0.25) is 0 Å². The van der Waals surface area contributed by atoms with Gasteiger partial charge in [-0.1, -0.05) is 13.8 Å². The molecule has 0 atom stereocenters. The van der Waals surface area contributed by atoms with Crippen LogP contribution in [0.5, 0.6) is 0 Å². The molecule has 2 N–H and O–H groups in total. The molecule has 0 saturated carbocycles. The van der Waals surface area contributed by atoms with Gasteiger partial charge in [0, 0.05) is 18.7 Å². The molecule has 86 valence electrons. The van der Waals surface area contributed by atoms with E-state index in [9.17, 15) is 0 Å². The Morgan fingerprint density at radius 2 is 2.13 bits per heavy atom. The summed E-state index contributed by atoms with van der Waals surface area (Å²) >= 11 is 0. The summed E-state index contributed by atoms with van der Waals surface area (Å²) < 4.78 is 5.52. The highest BCUT2D eigenvalue weighted by molar-refractivity contribution is 5.20. The van der Waals surface area contributed by atoms with E-state index in [0.717, 1.165) is 24.6 Å². The molecule has 0 unspecified atom stereocenters. The van der Waals surface area contributed by atoms with Crippen molar-refractivity contribution in [2.75, 3.05) is 13.6 Å². The molecule has 0 amide bonds. The van der Waals surface area contributed by atoms with Crippen molar-refractivity contribution in [3.05, 3.63) is 23.2 Å². The van der Waals surface area contributed by atoms with E-state index in [4.69, 9.17) is 10.2 Å². The van der Waals surface area contributed by atoms with Crippen LogP contribution >= 0.6 is 0 Å². The van der Waals surface area contributed by atoms with Crippen LogP contribution in [0.3, 0.4) is 0 Å². The molecule has 0 aliphatic heterocycles. The Bertz CT molecular complexity index is 305. The molecular weight excluding hydrogens is 188 g/mol. The summed E-state index contributed by atoms with van der Waals surface area (Å²) in [5.74, 6) is 2.56. The summed E-state index contributed by atoms with van der Waals surface area (Å²) in [6.07, 6.45) is 0. The standard InChI is InChI=1S/C12H22N2O/c1-9(2)7-14(4)8-11-5-12(6-13)15-10(11)3/h5,9H,6-8,13H2,1-4H3. The molecule has 0 spiro atoms. The van der Waals surface area contributed by atoms with E-state index in [2.05, 4.69) is 31.9 Å². The lowest BCUT2D eigenvalue weighted by Gasteiger charge is -2.18. The fourth-order valence-corrected chi connectivity index (χ4v) is 1.82. The third-order valence-electron chi connectivity index (χ3n) is 2.39. The van der Waals surface area contributed by atoms with Gasteiger partial charge in [-0.15, -0.1) is 0 Å². The first kappa shape index (κ1) is 12.3. The predicted molar refractivity (Wildman–Crippen MR) is 62.5 cm³/mol. The van der Waals surface area contributed by atoms with Crippen molar-refractivity contribution in [1.82, 2.24) is 4.90 Å².